The lowest BCUT2D eigenvalue weighted by atomic mass is 10.2. The molecule has 1 heterocycles. The summed E-state index contributed by atoms with van der Waals surface area (Å²) in [6.45, 7) is 3.10. The number of hydrogen-bond acceptors (Lipinski definition) is 2. The van der Waals surface area contributed by atoms with Gasteiger partial charge >= 0.3 is 6.03 Å². The summed E-state index contributed by atoms with van der Waals surface area (Å²) in [4.78, 5) is 15.9. The predicted molar refractivity (Wildman–Crippen MR) is 79.1 cm³/mol. The highest BCUT2D eigenvalue weighted by atomic mass is 16.2. The van der Waals surface area contributed by atoms with E-state index in [4.69, 9.17) is 0 Å². The molecule has 0 radical (unpaired) electrons. The van der Waals surface area contributed by atoms with Gasteiger partial charge in [0.05, 0.1) is 0 Å². The monoisotopic (exact) mass is 269 g/mol. The Labute approximate surface area is 119 Å². The fourth-order valence-electron chi connectivity index (χ4n) is 1.85. The molecular weight excluding hydrogens is 250 g/mol. The topological polar surface area (TPSA) is 54.0 Å². The van der Waals surface area contributed by atoms with Gasteiger partial charge in [0, 0.05) is 25.5 Å². The van der Waals surface area contributed by atoms with E-state index in [9.17, 15) is 4.79 Å². The number of aromatic nitrogens is 1. The van der Waals surface area contributed by atoms with Crippen LogP contribution in [0.3, 0.4) is 0 Å². The molecule has 2 aromatic rings. The molecule has 4 nitrogen and oxygen atoms in total. The number of nitrogens with zero attached hydrogens (tertiary/aromatic N) is 1. The molecule has 0 fully saturated rings. The van der Waals surface area contributed by atoms with Crippen LogP contribution in [-0.2, 0) is 19.5 Å². The minimum absolute atomic E-state index is 0.171. The second-order valence-corrected chi connectivity index (χ2v) is 4.58. The second kappa shape index (κ2) is 7.28. The van der Waals surface area contributed by atoms with E-state index in [2.05, 4.69) is 28.6 Å². The molecule has 2 N–H and O–H groups in total. The molecule has 1 aromatic heterocycles. The molecule has 0 saturated heterocycles. The maximum atomic E-state index is 11.7. The van der Waals surface area contributed by atoms with Crippen LogP contribution < -0.4 is 10.6 Å². The zero-order chi connectivity index (χ0) is 14.2. The summed E-state index contributed by atoms with van der Waals surface area (Å²) in [5.41, 5.74) is 3.27. The highest BCUT2D eigenvalue weighted by molar-refractivity contribution is 5.73. The van der Waals surface area contributed by atoms with Crippen molar-refractivity contribution in [2.75, 3.05) is 0 Å². The molecule has 2 rings (SSSR count). The van der Waals surface area contributed by atoms with Crippen LogP contribution in [-0.4, -0.2) is 11.0 Å². The molecule has 0 spiro atoms. The number of amides is 2. The largest absolute Gasteiger partial charge is 0.334 e. The van der Waals surface area contributed by atoms with Crippen LogP contribution in [0.2, 0.25) is 0 Å². The first-order valence-electron chi connectivity index (χ1n) is 6.76. The summed E-state index contributed by atoms with van der Waals surface area (Å²) in [6.07, 6.45) is 4.57. The van der Waals surface area contributed by atoms with E-state index in [1.165, 1.54) is 5.56 Å². The summed E-state index contributed by atoms with van der Waals surface area (Å²) in [5, 5.41) is 5.66. The second-order valence-electron chi connectivity index (χ2n) is 4.58. The number of aryl methyl sites for hydroxylation is 1. The van der Waals surface area contributed by atoms with E-state index in [0.29, 0.717) is 13.1 Å². The first kappa shape index (κ1) is 14.1. The van der Waals surface area contributed by atoms with Crippen LogP contribution in [0.15, 0.2) is 48.8 Å². The standard InChI is InChI=1S/C16H19N3O/c1-2-13-8-15(10-17-9-13)12-19-16(20)18-11-14-6-4-3-5-7-14/h3-10H,2,11-12H2,1H3,(H2,18,19,20). The van der Waals surface area contributed by atoms with Gasteiger partial charge in [-0.15, -0.1) is 0 Å². The zero-order valence-electron chi connectivity index (χ0n) is 11.6. The Morgan fingerprint density at radius 3 is 2.35 bits per heavy atom. The van der Waals surface area contributed by atoms with Crippen LogP contribution in [0.4, 0.5) is 4.79 Å². The maximum Gasteiger partial charge on any atom is 0.315 e. The van der Waals surface area contributed by atoms with Crippen molar-refractivity contribution in [1.29, 1.82) is 0 Å². The van der Waals surface area contributed by atoms with Gasteiger partial charge in [0.2, 0.25) is 0 Å². The Hall–Kier alpha value is -2.36. The molecule has 0 unspecified atom stereocenters. The number of benzene rings is 1. The van der Waals surface area contributed by atoms with Crippen molar-refractivity contribution in [2.45, 2.75) is 26.4 Å². The van der Waals surface area contributed by atoms with E-state index in [1.807, 2.05) is 36.5 Å². The highest BCUT2D eigenvalue weighted by Crippen LogP contribution is 2.03. The molecule has 0 aliphatic heterocycles. The number of carbonyl (C=O) groups is 1. The zero-order valence-corrected chi connectivity index (χ0v) is 11.6. The predicted octanol–water partition coefficient (Wildman–Crippen LogP) is 2.64. The fourth-order valence-corrected chi connectivity index (χ4v) is 1.85. The molecule has 4 heteroatoms. The molecule has 0 bridgehead atoms. The summed E-state index contributed by atoms with van der Waals surface area (Å²) in [6, 6.07) is 11.7. The van der Waals surface area contributed by atoms with Crippen LogP contribution in [0.25, 0.3) is 0 Å². The molecule has 0 aliphatic rings. The van der Waals surface area contributed by atoms with E-state index in [0.717, 1.165) is 17.5 Å². The number of carbonyl (C=O) groups excluding carboxylic acids is 1. The lowest BCUT2D eigenvalue weighted by Gasteiger charge is -2.08. The van der Waals surface area contributed by atoms with Gasteiger partial charge in [-0.1, -0.05) is 43.3 Å². The van der Waals surface area contributed by atoms with Crippen molar-refractivity contribution in [1.82, 2.24) is 15.6 Å². The van der Waals surface area contributed by atoms with E-state index < -0.39 is 0 Å². The third kappa shape index (κ3) is 4.39. The Morgan fingerprint density at radius 2 is 1.65 bits per heavy atom. The first-order valence-corrected chi connectivity index (χ1v) is 6.76. The number of rotatable bonds is 5. The summed E-state index contributed by atoms with van der Waals surface area (Å²) < 4.78 is 0. The van der Waals surface area contributed by atoms with Gasteiger partial charge in [-0.2, -0.15) is 0 Å². The molecule has 0 aliphatic carbocycles. The number of urea groups is 1. The van der Waals surface area contributed by atoms with Gasteiger partial charge in [0.25, 0.3) is 0 Å². The minimum Gasteiger partial charge on any atom is -0.334 e. The van der Waals surface area contributed by atoms with Gasteiger partial charge in [0.15, 0.2) is 0 Å². The lowest BCUT2D eigenvalue weighted by Crippen LogP contribution is -2.34. The normalized spacial score (nSPS) is 10.1. The van der Waals surface area contributed by atoms with Crippen LogP contribution in [0.5, 0.6) is 0 Å². The van der Waals surface area contributed by atoms with Crippen molar-refractivity contribution in [3.8, 4) is 0 Å². The third-order valence-corrected chi connectivity index (χ3v) is 3.01. The number of pyridine rings is 1. The van der Waals surface area contributed by atoms with E-state index in [-0.39, 0.29) is 6.03 Å². The Morgan fingerprint density at radius 1 is 1.00 bits per heavy atom. The van der Waals surface area contributed by atoms with Gasteiger partial charge in [-0.05, 0) is 23.1 Å². The Bertz CT molecular complexity index is 555. The lowest BCUT2D eigenvalue weighted by molar-refractivity contribution is 0.240. The fraction of sp³-hybridized carbons (Fsp3) is 0.250. The summed E-state index contributed by atoms with van der Waals surface area (Å²) in [7, 11) is 0. The summed E-state index contributed by atoms with van der Waals surface area (Å²) in [5.74, 6) is 0. The smallest absolute Gasteiger partial charge is 0.315 e. The maximum absolute atomic E-state index is 11.7. The number of nitrogens with one attached hydrogen (secondary N) is 2. The van der Waals surface area contributed by atoms with Gasteiger partial charge in [-0.3, -0.25) is 4.98 Å². The average molecular weight is 269 g/mol. The Kier molecular flexibility index (Phi) is 5.12. The first-order chi connectivity index (χ1) is 9.78. The van der Waals surface area contributed by atoms with Gasteiger partial charge in [0.1, 0.15) is 0 Å². The van der Waals surface area contributed by atoms with Crippen LogP contribution in [0.1, 0.15) is 23.6 Å². The van der Waals surface area contributed by atoms with Crippen molar-refractivity contribution < 1.29 is 4.79 Å². The average Bonchev–Trinajstić information content (AvgIpc) is 2.52. The molecule has 2 amide bonds. The molecule has 1 aromatic carbocycles. The molecule has 104 valence electrons. The molecular formula is C16H19N3O. The highest BCUT2D eigenvalue weighted by Gasteiger charge is 2.01. The number of hydrogen-bond donors (Lipinski definition) is 2. The molecule has 0 atom stereocenters. The van der Waals surface area contributed by atoms with Crippen molar-refractivity contribution in [3.05, 3.63) is 65.5 Å². The van der Waals surface area contributed by atoms with Crippen LogP contribution >= 0.6 is 0 Å². The van der Waals surface area contributed by atoms with Gasteiger partial charge in [-0.25, -0.2) is 4.79 Å². The molecule has 20 heavy (non-hydrogen) atoms. The van der Waals surface area contributed by atoms with Crippen LogP contribution in [0, 0.1) is 0 Å². The Balaban J connectivity index is 1.77. The van der Waals surface area contributed by atoms with Crippen molar-refractivity contribution in [3.63, 3.8) is 0 Å². The third-order valence-electron chi connectivity index (χ3n) is 3.01. The van der Waals surface area contributed by atoms with E-state index in [1.54, 1.807) is 6.20 Å². The van der Waals surface area contributed by atoms with Crippen molar-refractivity contribution >= 4 is 6.03 Å². The SMILES string of the molecule is CCc1cncc(CNC(=O)NCc2ccccc2)c1. The summed E-state index contributed by atoms with van der Waals surface area (Å²) >= 11 is 0. The quantitative estimate of drug-likeness (QED) is 0.876. The van der Waals surface area contributed by atoms with Crippen molar-refractivity contribution in [2.24, 2.45) is 0 Å². The van der Waals surface area contributed by atoms with E-state index >= 15 is 0 Å². The molecule has 0 saturated carbocycles. The van der Waals surface area contributed by atoms with Gasteiger partial charge < -0.3 is 10.6 Å². The minimum atomic E-state index is -0.171.